The Balaban J connectivity index is 1.97. The lowest BCUT2D eigenvalue weighted by Gasteiger charge is -2.24. The van der Waals surface area contributed by atoms with E-state index in [-0.39, 0.29) is 11.9 Å². The van der Waals surface area contributed by atoms with Crippen LogP contribution in [0, 0.1) is 11.7 Å². The molecule has 0 saturated heterocycles. The minimum Gasteiger partial charge on any atom is -0.377 e. The lowest BCUT2D eigenvalue weighted by atomic mass is 9.93. The summed E-state index contributed by atoms with van der Waals surface area (Å²) >= 11 is 3.42. The molecular formula is C21H26BrFN2O3. The van der Waals surface area contributed by atoms with Crippen molar-refractivity contribution in [2.24, 2.45) is 5.92 Å². The van der Waals surface area contributed by atoms with Crippen molar-refractivity contribution in [1.29, 1.82) is 0 Å². The number of methoxy groups -OCH3 is 1. The van der Waals surface area contributed by atoms with Crippen molar-refractivity contribution in [3.05, 3.63) is 69.9 Å². The van der Waals surface area contributed by atoms with Crippen LogP contribution in [0.3, 0.4) is 0 Å². The van der Waals surface area contributed by atoms with Gasteiger partial charge >= 0.3 is 0 Å². The fourth-order valence-corrected chi connectivity index (χ4v) is 3.37. The van der Waals surface area contributed by atoms with E-state index in [9.17, 15) is 9.18 Å². The van der Waals surface area contributed by atoms with Crippen molar-refractivity contribution < 1.29 is 19.1 Å². The number of carbonyl (C=O) groups is 1. The summed E-state index contributed by atoms with van der Waals surface area (Å²) in [6, 6.07) is 14.1. The fraction of sp³-hybridized carbons (Fsp3) is 0.381. The molecule has 2 atom stereocenters. The minimum atomic E-state index is -0.443. The van der Waals surface area contributed by atoms with E-state index in [2.05, 4.69) is 20.8 Å². The number of nitrogens with one attached hydrogen (secondary N) is 1. The predicted octanol–water partition coefficient (Wildman–Crippen LogP) is 4.31. The predicted molar refractivity (Wildman–Crippen MR) is 109 cm³/mol. The maximum absolute atomic E-state index is 13.2. The van der Waals surface area contributed by atoms with Gasteiger partial charge in [-0.05, 0) is 61.8 Å². The standard InChI is InChI=1S/C21H26BrFN2O3/c1-25(14-15-3-7-18(22)8-4-15)12-11-17(21(26)24-27)13-20(28-2)16-5-9-19(23)10-6-16/h3-10,17,20,27H,11-14H2,1-2H3,(H,24,26)/t17-,20+/m0/s1. The van der Waals surface area contributed by atoms with E-state index in [0.717, 1.165) is 16.6 Å². The number of amides is 1. The van der Waals surface area contributed by atoms with E-state index in [4.69, 9.17) is 9.94 Å². The third-order valence-electron chi connectivity index (χ3n) is 4.73. The van der Waals surface area contributed by atoms with Gasteiger partial charge in [-0.3, -0.25) is 10.0 Å². The molecule has 0 aliphatic rings. The van der Waals surface area contributed by atoms with Gasteiger partial charge in [0.1, 0.15) is 5.82 Å². The number of benzene rings is 2. The molecule has 0 aliphatic heterocycles. The van der Waals surface area contributed by atoms with E-state index in [1.165, 1.54) is 17.7 Å². The smallest absolute Gasteiger partial charge is 0.246 e. The highest BCUT2D eigenvalue weighted by Crippen LogP contribution is 2.27. The highest BCUT2D eigenvalue weighted by Gasteiger charge is 2.24. The first-order chi connectivity index (χ1) is 13.4. The molecule has 152 valence electrons. The molecule has 0 bridgehead atoms. The van der Waals surface area contributed by atoms with Crippen LogP contribution in [0.25, 0.3) is 0 Å². The Morgan fingerprint density at radius 2 is 1.86 bits per heavy atom. The number of hydrogen-bond acceptors (Lipinski definition) is 4. The zero-order valence-electron chi connectivity index (χ0n) is 16.1. The van der Waals surface area contributed by atoms with Gasteiger partial charge in [0.05, 0.1) is 6.10 Å². The molecule has 5 nitrogen and oxygen atoms in total. The van der Waals surface area contributed by atoms with E-state index >= 15 is 0 Å². The van der Waals surface area contributed by atoms with Gasteiger partial charge < -0.3 is 9.64 Å². The zero-order chi connectivity index (χ0) is 20.5. The van der Waals surface area contributed by atoms with Crippen LogP contribution >= 0.6 is 15.9 Å². The van der Waals surface area contributed by atoms with Crippen molar-refractivity contribution in [3.8, 4) is 0 Å². The van der Waals surface area contributed by atoms with Gasteiger partial charge in [0.25, 0.3) is 0 Å². The van der Waals surface area contributed by atoms with Gasteiger partial charge in [-0.15, -0.1) is 0 Å². The first kappa shape index (κ1) is 22.5. The van der Waals surface area contributed by atoms with Gasteiger partial charge in [0.15, 0.2) is 0 Å². The third kappa shape index (κ3) is 6.98. The Morgan fingerprint density at radius 1 is 1.21 bits per heavy atom. The number of rotatable bonds is 10. The SMILES string of the molecule is CO[C@H](C[C@H](CCN(C)Cc1ccc(Br)cc1)C(=O)NO)c1ccc(F)cc1. The molecule has 0 fully saturated rings. The van der Waals surface area contributed by atoms with Gasteiger partial charge in [-0.1, -0.05) is 40.2 Å². The molecule has 28 heavy (non-hydrogen) atoms. The molecular weight excluding hydrogens is 427 g/mol. The first-order valence-electron chi connectivity index (χ1n) is 9.08. The second kappa shape index (κ2) is 11.3. The molecule has 0 aromatic heterocycles. The molecule has 0 radical (unpaired) electrons. The summed E-state index contributed by atoms with van der Waals surface area (Å²) < 4.78 is 19.7. The van der Waals surface area contributed by atoms with Crippen molar-refractivity contribution in [2.75, 3.05) is 20.7 Å². The summed E-state index contributed by atoms with van der Waals surface area (Å²) in [5.74, 6) is -1.20. The quantitative estimate of drug-likeness (QED) is 0.416. The lowest BCUT2D eigenvalue weighted by Crippen LogP contribution is -2.32. The van der Waals surface area contributed by atoms with Crippen LogP contribution in [0.2, 0.25) is 0 Å². The number of hydrogen-bond donors (Lipinski definition) is 2. The summed E-state index contributed by atoms with van der Waals surface area (Å²) in [4.78, 5) is 14.3. The summed E-state index contributed by atoms with van der Waals surface area (Å²) in [7, 11) is 3.55. The third-order valence-corrected chi connectivity index (χ3v) is 5.26. The van der Waals surface area contributed by atoms with Gasteiger partial charge in [-0.2, -0.15) is 0 Å². The molecule has 0 unspecified atom stereocenters. The molecule has 1 amide bonds. The van der Waals surface area contributed by atoms with Gasteiger partial charge in [0.2, 0.25) is 5.91 Å². The van der Waals surface area contributed by atoms with E-state index in [1.54, 1.807) is 24.7 Å². The Labute approximate surface area is 173 Å². The molecule has 2 aromatic rings. The number of ether oxygens (including phenoxy) is 1. The number of halogens is 2. The summed E-state index contributed by atoms with van der Waals surface area (Å²) in [5, 5.41) is 9.12. The molecule has 0 aliphatic carbocycles. The Kier molecular flexibility index (Phi) is 9.05. The molecule has 0 heterocycles. The summed E-state index contributed by atoms with van der Waals surface area (Å²) in [6.45, 7) is 1.43. The Bertz CT molecular complexity index is 740. The van der Waals surface area contributed by atoms with Crippen LogP contribution in [0.5, 0.6) is 0 Å². The van der Waals surface area contributed by atoms with Crippen molar-refractivity contribution in [3.63, 3.8) is 0 Å². The molecule has 0 saturated carbocycles. The van der Waals surface area contributed by atoms with Gasteiger partial charge in [0, 0.05) is 24.0 Å². The van der Waals surface area contributed by atoms with Crippen LogP contribution in [0.15, 0.2) is 53.0 Å². The molecule has 7 heteroatoms. The van der Waals surface area contributed by atoms with E-state index in [1.807, 2.05) is 31.3 Å². The number of nitrogens with zero attached hydrogens (tertiary/aromatic N) is 1. The second-order valence-corrected chi connectivity index (χ2v) is 7.75. The Hall–Kier alpha value is -1.80. The largest absolute Gasteiger partial charge is 0.377 e. The molecule has 0 spiro atoms. The summed E-state index contributed by atoms with van der Waals surface area (Å²) in [6.07, 6.45) is 0.584. The topological polar surface area (TPSA) is 61.8 Å². The lowest BCUT2D eigenvalue weighted by molar-refractivity contribution is -0.135. The second-order valence-electron chi connectivity index (χ2n) is 6.84. The Morgan fingerprint density at radius 3 is 2.43 bits per heavy atom. The van der Waals surface area contributed by atoms with E-state index < -0.39 is 11.8 Å². The molecule has 2 N–H and O–H groups in total. The van der Waals surface area contributed by atoms with Crippen molar-refractivity contribution in [2.45, 2.75) is 25.5 Å². The highest BCUT2D eigenvalue weighted by atomic mass is 79.9. The monoisotopic (exact) mass is 452 g/mol. The fourth-order valence-electron chi connectivity index (χ4n) is 3.11. The van der Waals surface area contributed by atoms with Crippen LogP contribution < -0.4 is 5.48 Å². The normalized spacial score (nSPS) is 13.4. The molecule has 2 rings (SSSR count). The number of carbonyl (C=O) groups excluding carboxylic acids is 1. The van der Waals surface area contributed by atoms with Crippen molar-refractivity contribution >= 4 is 21.8 Å². The number of hydroxylamine groups is 1. The summed E-state index contributed by atoms with van der Waals surface area (Å²) in [5.41, 5.74) is 3.73. The average molecular weight is 453 g/mol. The minimum absolute atomic E-state index is 0.321. The van der Waals surface area contributed by atoms with E-state index in [0.29, 0.717) is 19.4 Å². The van der Waals surface area contributed by atoms with Crippen LogP contribution in [0.1, 0.15) is 30.1 Å². The van der Waals surface area contributed by atoms with Crippen molar-refractivity contribution in [1.82, 2.24) is 10.4 Å². The van der Waals surface area contributed by atoms with Gasteiger partial charge in [-0.25, -0.2) is 9.87 Å². The zero-order valence-corrected chi connectivity index (χ0v) is 17.7. The van der Waals surface area contributed by atoms with Crippen LogP contribution in [-0.2, 0) is 16.1 Å². The maximum Gasteiger partial charge on any atom is 0.246 e. The average Bonchev–Trinajstić information content (AvgIpc) is 2.70. The first-order valence-corrected chi connectivity index (χ1v) is 9.87. The maximum atomic E-state index is 13.2. The van der Waals surface area contributed by atoms with Crippen LogP contribution in [-0.4, -0.2) is 36.7 Å². The van der Waals surface area contributed by atoms with Crippen LogP contribution in [0.4, 0.5) is 4.39 Å². The molecule has 2 aromatic carbocycles. The highest BCUT2D eigenvalue weighted by molar-refractivity contribution is 9.10.